The number of hydrogen-bond acceptors (Lipinski definition) is 3. The molecule has 1 saturated heterocycles. The van der Waals surface area contributed by atoms with Gasteiger partial charge in [0.25, 0.3) is 0 Å². The average molecular weight is 509 g/mol. The Morgan fingerprint density at radius 3 is 2.59 bits per heavy atom. The molecule has 2 N–H and O–H groups in total. The quantitative estimate of drug-likeness (QED) is 0.330. The van der Waals surface area contributed by atoms with Gasteiger partial charge in [-0.25, -0.2) is 4.99 Å². The fourth-order valence-electron chi connectivity index (χ4n) is 3.10. The number of nitrogens with one attached hydrogen (secondary N) is 2. The van der Waals surface area contributed by atoms with Crippen molar-refractivity contribution in [2.75, 3.05) is 26.2 Å². The van der Waals surface area contributed by atoms with Crippen LogP contribution in [0.5, 0.6) is 5.75 Å². The highest BCUT2D eigenvalue weighted by atomic mass is 127. The van der Waals surface area contributed by atoms with E-state index in [0.717, 1.165) is 44.2 Å². The molecule has 0 radical (unpaired) electrons. The van der Waals surface area contributed by atoms with E-state index in [1.807, 2.05) is 31.2 Å². The molecule has 2 rings (SSSR count). The molecular formula is C20H34ClIN4O. The largest absolute Gasteiger partial charge is 0.489 e. The van der Waals surface area contributed by atoms with Gasteiger partial charge in [-0.2, -0.15) is 0 Å². The minimum absolute atomic E-state index is 0. The van der Waals surface area contributed by atoms with Gasteiger partial charge in [0.2, 0.25) is 0 Å². The fourth-order valence-corrected chi connectivity index (χ4v) is 3.28. The minimum Gasteiger partial charge on any atom is -0.489 e. The Morgan fingerprint density at radius 1 is 1.30 bits per heavy atom. The maximum Gasteiger partial charge on any atom is 0.191 e. The average Bonchev–Trinajstić information content (AvgIpc) is 2.60. The van der Waals surface area contributed by atoms with Crippen molar-refractivity contribution in [3.63, 3.8) is 0 Å². The van der Waals surface area contributed by atoms with E-state index in [1.165, 1.54) is 0 Å². The molecule has 0 amide bonds. The van der Waals surface area contributed by atoms with Crippen molar-refractivity contribution in [2.24, 2.45) is 4.99 Å². The van der Waals surface area contributed by atoms with Crippen molar-refractivity contribution < 1.29 is 4.74 Å². The number of aliphatic imine (C=N–C) groups is 1. The highest BCUT2D eigenvalue weighted by Gasteiger charge is 2.21. The van der Waals surface area contributed by atoms with E-state index in [4.69, 9.17) is 21.3 Å². The lowest BCUT2D eigenvalue weighted by Crippen LogP contribution is -2.50. The summed E-state index contributed by atoms with van der Waals surface area (Å²) in [7, 11) is 0. The third-order valence-corrected chi connectivity index (χ3v) is 4.82. The van der Waals surface area contributed by atoms with Gasteiger partial charge in [0.05, 0.1) is 6.54 Å². The summed E-state index contributed by atoms with van der Waals surface area (Å²) in [5.41, 5.74) is 0. The van der Waals surface area contributed by atoms with Crippen LogP contribution in [-0.2, 0) is 0 Å². The molecule has 1 atom stereocenters. The van der Waals surface area contributed by atoms with Crippen LogP contribution >= 0.6 is 35.6 Å². The summed E-state index contributed by atoms with van der Waals surface area (Å²) in [4.78, 5) is 7.23. The van der Waals surface area contributed by atoms with E-state index in [0.29, 0.717) is 23.7 Å². The number of ether oxygens (including phenoxy) is 1. The standard InChI is InChI=1S/C20H33ClN4O.HI/c1-5-22-20(24-18-9-11-25(12-10-18)15(2)3)23-14-16(4)26-19-8-6-7-17(21)13-19;/h6-8,13,15-16,18H,5,9-12,14H2,1-4H3,(H2,22,23,24);1H. The molecule has 1 heterocycles. The third kappa shape index (κ3) is 8.87. The second kappa shape index (κ2) is 12.7. The third-order valence-electron chi connectivity index (χ3n) is 4.58. The van der Waals surface area contributed by atoms with E-state index in [-0.39, 0.29) is 30.1 Å². The Bertz CT molecular complexity index is 577. The summed E-state index contributed by atoms with van der Waals surface area (Å²) < 4.78 is 5.90. The summed E-state index contributed by atoms with van der Waals surface area (Å²) in [6, 6.07) is 8.58. The van der Waals surface area contributed by atoms with Gasteiger partial charge < -0.3 is 20.3 Å². The van der Waals surface area contributed by atoms with E-state index in [2.05, 4.69) is 36.3 Å². The first-order valence-corrected chi connectivity index (χ1v) is 10.1. The van der Waals surface area contributed by atoms with E-state index < -0.39 is 0 Å². The summed E-state index contributed by atoms with van der Waals surface area (Å²) in [6.07, 6.45) is 2.28. The molecule has 1 fully saturated rings. The van der Waals surface area contributed by atoms with E-state index >= 15 is 0 Å². The number of nitrogens with zero attached hydrogens (tertiary/aromatic N) is 2. The van der Waals surface area contributed by atoms with Crippen LogP contribution in [0.15, 0.2) is 29.3 Å². The molecular weight excluding hydrogens is 475 g/mol. The van der Waals surface area contributed by atoms with Crippen LogP contribution in [0.2, 0.25) is 5.02 Å². The number of benzene rings is 1. The van der Waals surface area contributed by atoms with Gasteiger partial charge >= 0.3 is 0 Å². The van der Waals surface area contributed by atoms with Crippen molar-refractivity contribution in [1.82, 2.24) is 15.5 Å². The van der Waals surface area contributed by atoms with Crippen molar-refractivity contribution >= 4 is 41.5 Å². The normalized spacial score (nSPS) is 17.3. The molecule has 1 aromatic carbocycles. The maximum absolute atomic E-state index is 6.00. The van der Waals surface area contributed by atoms with Crippen LogP contribution in [0, 0.1) is 0 Å². The lowest BCUT2D eigenvalue weighted by Gasteiger charge is -2.35. The van der Waals surface area contributed by atoms with E-state index in [1.54, 1.807) is 0 Å². The summed E-state index contributed by atoms with van der Waals surface area (Å²) >= 11 is 6.00. The van der Waals surface area contributed by atoms with Gasteiger partial charge in [-0.05, 0) is 58.7 Å². The van der Waals surface area contributed by atoms with Crippen LogP contribution in [0.4, 0.5) is 0 Å². The monoisotopic (exact) mass is 508 g/mol. The predicted octanol–water partition coefficient (Wildman–Crippen LogP) is 4.15. The van der Waals surface area contributed by atoms with Crippen LogP contribution in [-0.4, -0.2) is 55.2 Å². The molecule has 0 saturated carbocycles. The number of guanidine groups is 1. The van der Waals surface area contributed by atoms with Crippen molar-refractivity contribution in [1.29, 1.82) is 0 Å². The topological polar surface area (TPSA) is 48.9 Å². The Kier molecular flexibility index (Phi) is 11.4. The molecule has 7 heteroatoms. The molecule has 0 bridgehead atoms. The smallest absolute Gasteiger partial charge is 0.191 e. The molecule has 0 spiro atoms. The zero-order valence-electron chi connectivity index (χ0n) is 16.9. The lowest BCUT2D eigenvalue weighted by molar-refractivity contribution is 0.167. The number of hydrogen-bond donors (Lipinski definition) is 2. The van der Waals surface area contributed by atoms with Crippen LogP contribution in [0.3, 0.4) is 0 Å². The summed E-state index contributed by atoms with van der Waals surface area (Å²) in [5, 5.41) is 7.60. The second-order valence-electron chi connectivity index (χ2n) is 7.15. The second-order valence-corrected chi connectivity index (χ2v) is 7.59. The molecule has 27 heavy (non-hydrogen) atoms. The first-order valence-electron chi connectivity index (χ1n) is 9.69. The van der Waals surface area contributed by atoms with Gasteiger partial charge in [-0.3, -0.25) is 0 Å². The summed E-state index contributed by atoms with van der Waals surface area (Å²) in [6.45, 7) is 12.4. The van der Waals surface area contributed by atoms with Crippen LogP contribution in [0.1, 0.15) is 40.5 Å². The highest BCUT2D eigenvalue weighted by Crippen LogP contribution is 2.18. The zero-order chi connectivity index (χ0) is 18.9. The highest BCUT2D eigenvalue weighted by molar-refractivity contribution is 14.0. The SMILES string of the molecule is CCNC(=NCC(C)Oc1cccc(Cl)c1)NC1CCN(C(C)C)CC1.I. The van der Waals surface area contributed by atoms with Gasteiger partial charge in [-0.15, -0.1) is 24.0 Å². The van der Waals surface area contributed by atoms with Gasteiger partial charge in [0, 0.05) is 36.7 Å². The Balaban J connectivity index is 0.00000364. The van der Waals surface area contributed by atoms with Crippen molar-refractivity contribution in [3.05, 3.63) is 29.3 Å². The zero-order valence-corrected chi connectivity index (χ0v) is 20.0. The summed E-state index contributed by atoms with van der Waals surface area (Å²) in [5.74, 6) is 1.65. The predicted molar refractivity (Wildman–Crippen MR) is 126 cm³/mol. The molecule has 154 valence electrons. The molecule has 1 unspecified atom stereocenters. The van der Waals surface area contributed by atoms with Crippen molar-refractivity contribution in [3.8, 4) is 5.75 Å². The molecule has 1 aliphatic heterocycles. The van der Waals surface area contributed by atoms with Gasteiger partial charge in [0.1, 0.15) is 11.9 Å². The first-order chi connectivity index (χ1) is 12.5. The molecule has 0 aliphatic carbocycles. The fraction of sp³-hybridized carbons (Fsp3) is 0.650. The van der Waals surface area contributed by atoms with Crippen LogP contribution in [0.25, 0.3) is 0 Å². The first kappa shape index (κ1) is 24.3. The number of rotatable bonds is 7. The van der Waals surface area contributed by atoms with E-state index in [9.17, 15) is 0 Å². The Hall–Kier alpha value is -0.730. The Morgan fingerprint density at radius 2 is 2.00 bits per heavy atom. The lowest BCUT2D eigenvalue weighted by atomic mass is 10.0. The number of halogens is 2. The van der Waals surface area contributed by atoms with Gasteiger partial charge in [0.15, 0.2) is 5.96 Å². The molecule has 5 nitrogen and oxygen atoms in total. The van der Waals surface area contributed by atoms with Gasteiger partial charge in [-0.1, -0.05) is 17.7 Å². The van der Waals surface area contributed by atoms with Crippen molar-refractivity contribution in [2.45, 2.75) is 58.7 Å². The Labute approximate surface area is 186 Å². The number of likely N-dealkylation sites (tertiary alicyclic amines) is 1. The molecule has 1 aliphatic rings. The van der Waals surface area contributed by atoms with Crippen LogP contribution < -0.4 is 15.4 Å². The number of piperidine rings is 1. The minimum atomic E-state index is -0.0216. The molecule has 1 aromatic rings. The molecule has 0 aromatic heterocycles. The maximum atomic E-state index is 6.00.